The average Bonchev–Trinajstić information content (AvgIpc) is 2.44. The maximum absolute atomic E-state index is 12.7. The zero-order valence-electron chi connectivity index (χ0n) is 11.9. The smallest absolute Gasteiger partial charge is 0.237 e. The van der Waals surface area contributed by atoms with Gasteiger partial charge in [-0.3, -0.25) is 0 Å². The van der Waals surface area contributed by atoms with Gasteiger partial charge >= 0.3 is 6.18 Å². The molecule has 1 aromatic heterocycles. The molecule has 0 aliphatic rings. The van der Waals surface area contributed by atoms with Crippen molar-refractivity contribution in [1.29, 1.82) is 5.26 Å². The molecule has 0 atom stereocenters. The number of nitrogens with zero attached hydrogens (tertiary/aromatic N) is 3. The molecule has 0 amide bonds. The molecule has 0 bridgehead atoms. The Labute approximate surface area is 130 Å². The maximum atomic E-state index is 12.7. The number of aromatic nitrogens is 2. The summed E-state index contributed by atoms with van der Waals surface area (Å²) in [5.41, 5.74) is 0.780. The molecule has 0 saturated carbocycles. The number of halogens is 3. The second-order valence-corrected chi connectivity index (χ2v) is 5.60. The quantitative estimate of drug-likeness (QED) is 0.625. The highest BCUT2D eigenvalue weighted by molar-refractivity contribution is 7.98. The lowest BCUT2D eigenvalue weighted by Crippen LogP contribution is -2.05. The Hall–Kier alpha value is -2.07. The van der Waals surface area contributed by atoms with Crippen LogP contribution >= 0.6 is 11.8 Å². The van der Waals surface area contributed by atoms with E-state index < -0.39 is 11.7 Å². The normalized spacial score (nSPS) is 11.3. The van der Waals surface area contributed by atoms with Gasteiger partial charge in [0, 0.05) is 5.75 Å². The predicted molar refractivity (Wildman–Crippen MR) is 77.2 cm³/mol. The summed E-state index contributed by atoms with van der Waals surface area (Å²) in [6.07, 6.45) is -4.36. The lowest BCUT2D eigenvalue weighted by Gasteiger charge is -2.09. The molecule has 2 aromatic rings. The van der Waals surface area contributed by atoms with Crippen LogP contribution in [0.15, 0.2) is 29.3 Å². The van der Waals surface area contributed by atoms with Crippen molar-refractivity contribution in [3.63, 3.8) is 0 Å². The molecule has 0 fully saturated rings. The third kappa shape index (κ3) is 3.77. The highest BCUT2D eigenvalue weighted by Gasteiger charge is 2.30. The van der Waals surface area contributed by atoms with Gasteiger partial charge in [0.1, 0.15) is 22.5 Å². The molecule has 114 valence electrons. The second kappa shape index (κ2) is 6.36. The second-order valence-electron chi connectivity index (χ2n) is 4.63. The van der Waals surface area contributed by atoms with Crippen molar-refractivity contribution in [2.75, 3.05) is 0 Å². The third-order valence-corrected chi connectivity index (χ3v) is 3.96. The summed E-state index contributed by atoms with van der Waals surface area (Å²) in [5.74, 6) is 0.831. The van der Waals surface area contributed by atoms with Crippen LogP contribution < -0.4 is 0 Å². The van der Waals surface area contributed by atoms with Gasteiger partial charge in [0.15, 0.2) is 0 Å². The van der Waals surface area contributed by atoms with Crippen molar-refractivity contribution in [2.24, 2.45) is 0 Å². The summed E-state index contributed by atoms with van der Waals surface area (Å²) in [6, 6.07) is 7.18. The van der Waals surface area contributed by atoms with E-state index in [4.69, 9.17) is 5.26 Å². The summed E-state index contributed by atoms with van der Waals surface area (Å²) < 4.78 is 38.1. The van der Waals surface area contributed by atoms with Gasteiger partial charge < -0.3 is 0 Å². The summed E-state index contributed by atoms with van der Waals surface area (Å²) in [7, 11) is 0. The molecule has 0 saturated heterocycles. The molecular weight excluding hydrogens is 311 g/mol. The molecule has 0 N–H and O–H groups in total. The summed E-state index contributed by atoms with van der Waals surface area (Å²) >= 11 is 1.23. The van der Waals surface area contributed by atoms with Crippen molar-refractivity contribution >= 4 is 11.8 Å². The first-order valence-electron chi connectivity index (χ1n) is 6.35. The van der Waals surface area contributed by atoms with E-state index in [1.54, 1.807) is 19.9 Å². The van der Waals surface area contributed by atoms with Gasteiger partial charge in [-0.2, -0.15) is 18.4 Å². The van der Waals surface area contributed by atoms with Crippen molar-refractivity contribution < 1.29 is 13.2 Å². The molecule has 7 heteroatoms. The maximum Gasteiger partial charge on any atom is 0.416 e. The van der Waals surface area contributed by atoms with E-state index >= 15 is 0 Å². The zero-order valence-corrected chi connectivity index (χ0v) is 12.7. The van der Waals surface area contributed by atoms with E-state index in [0.717, 1.165) is 12.1 Å². The first-order valence-corrected chi connectivity index (χ1v) is 7.34. The number of hydrogen-bond donors (Lipinski definition) is 0. The van der Waals surface area contributed by atoms with E-state index in [-0.39, 0.29) is 0 Å². The van der Waals surface area contributed by atoms with Crippen molar-refractivity contribution in [1.82, 2.24) is 9.97 Å². The standard InChI is InChI=1S/C15H12F3N3S/c1-9-13(7-19)14(21-10(2)20-9)22-8-11-4-3-5-12(6-11)15(16,17)18/h3-6H,8H2,1-2H3. The summed E-state index contributed by atoms with van der Waals surface area (Å²) in [4.78, 5) is 8.31. The van der Waals surface area contributed by atoms with Crippen molar-refractivity contribution in [2.45, 2.75) is 30.8 Å². The molecule has 0 radical (unpaired) electrons. The van der Waals surface area contributed by atoms with Crippen LogP contribution in [0.4, 0.5) is 13.2 Å². The van der Waals surface area contributed by atoms with Gasteiger partial charge in [-0.25, -0.2) is 9.97 Å². The summed E-state index contributed by atoms with van der Waals surface area (Å²) in [5, 5.41) is 9.64. The molecule has 0 aliphatic heterocycles. The Bertz CT molecular complexity index is 736. The largest absolute Gasteiger partial charge is 0.416 e. The molecule has 1 aromatic carbocycles. The van der Waals surface area contributed by atoms with Gasteiger partial charge in [0.25, 0.3) is 0 Å². The lowest BCUT2D eigenvalue weighted by atomic mass is 10.1. The van der Waals surface area contributed by atoms with Gasteiger partial charge in [-0.15, -0.1) is 11.8 Å². The van der Waals surface area contributed by atoms with E-state index in [9.17, 15) is 13.2 Å². The fraction of sp³-hybridized carbons (Fsp3) is 0.267. The molecular formula is C15H12F3N3S. The van der Waals surface area contributed by atoms with Crippen LogP contribution in [0.2, 0.25) is 0 Å². The van der Waals surface area contributed by atoms with E-state index in [1.807, 2.05) is 6.07 Å². The highest BCUT2D eigenvalue weighted by atomic mass is 32.2. The minimum absolute atomic E-state index is 0.300. The molecule has 0 spiro atoms. The monoisotopic (exact) mass is 323 g/mol. The minimum atomic E-state index is -4.36. The fourth-order valence-electron chi connectivity index (χ4n) is 1.90. The molecule has 0 aliphatic carbocycles. The van der Waals surface area contributed by atoms with Crippen LogP contribution in [0.1, 0.15) is 28.2 Å². The predicted octanol–water partition coefficient (Wildman–Crippen LogP) is 4.28. The molecule has 3 nitrogen and oxygen atoms in total. The Kier molecular flexibility index (Phi) is 4.71. The van der Waals surface area contributed by atoms with Gasteiger partial charge in [0.2, 0.25) is 0 Å². The zero-order chi connectivity index (χ0) is 16.3. The topological polar surface area (TPSA) is 49.6 Å². The fourth-order valence-corrected chi connectivity index (χ4v) is 2.92. The SMILES string of the molecule is Cc1nc(C)c(C#N)c(SCc2cccc(C(F)(F)F)c2)n1. The number of rotatable bonds is 3. The van der Waals surface area contributed by atoms with Gasteiger partial charge in [-0.05, 0) is 25.5 Å². The van der Waals surface area contributed by atoms with Gasteiger partial charge in [-0.1, -0.05) is 18.2 Å². The molecule has 1 heterocycles. The molecule has 2 rings (SSSR count). The number of aryl methyl sites for hydroxylation is 2. The van der Waals surface area contributed by atoms with Crippen LogP contribution in [-0.2, 0) is 11.9 Å². The van der Waals surface area contributed by atoms with E-state index in [1.165, 1.54) is 17.8 Å². The number of hydrogen-bond acceptors (Lipinski definition) is 4. The van der Waals surface area contributed by atoms with Crippen LogP contribution in [0.3, 0.4) is 0 Å². The Morgan fingerprint density at radius 2 is 1.95 bits per heavy atom. The van der Waals surface area contributed by atoms with Crippen LogP contribution in [0.5, 0.6) is 0 Å². The Balaban J connectivity index is 2.23. The molecule has 22 heavy (non-hydrogen) atoms. The summed E-state index contributed by atoms with van der Waals surface area (Å²) in [6.45, 7) is 3.42. The van der Waals surface area contributed by atoms with Crippen LogP contribution in [-0.4, -0.2) is 9.97 Å². The number of benzene rings is 1. The van der Waals surface area contributed by atoms with Crippen molar-refractivity contribution in [3.05, 3.63) is 52.5 Å². The van der Waals surface area contributed by atoms with Crippen LogP contribution in [0.25, 0.3) is 0 Å². The van der Waals surface area contributed by atoms with Gasteiger partial charge in [0.05, 0.1) is 11.3 Å². The first-order chi connectivity index (χ1) is 10.3. The first kappa shape index (κ1) is 16.3. The number of alkyl halides is 3. The Morgan fingerprint density at radius 3 is 2.59 bits per heavy atom. The Morgan fingerprint density at radius 1 is 1.23 bits per heavy atom. The minimum Gasteiger partial charge on any atom is -0.237 e. The number of nitriles is 1. The van der Waals surface area contributed by atoms with E-state index in [0.29, 0.717) is 33.4 Å². The third-order valence-electron chi connectivity index (χ3n) is 2.91. The van der Waals surface area contributed by atoms with E-state index in [2.05, 4.69) is 9.97 Å². The average molecular weight is 323 g/mol. The number of thioether (sulfide) groups is 1. The highest BCUT2D eigenvalue weighted by Crippen LogP contribution is 2.31. The molecule has 0 unspecified atom stereocenters. The van der Waals surface area contributed by atoms with Crippen LogP contribution in [0, 0.1) is 25.2 Å². The van der Waals surface area contributed by atoms with Crippen molar-refractivity contribution in [3.8, 4) is 6.07 Å². The lowest BCUT2D eigenvalue weighted by molar-refractivity contribution is -0.137.